The van der Waals surface area contributed by atoms with Crippen molar-refractivity contribution < 1.29 is 9.53 Å². The Morgan fingerprint density at radius 1 is 1.42 bits per heavy atom. The molecule has 1 aromatic rings. The van der Waals surface area contributed by atoms with E-state index < -0.39 is 5.41 Å². The number of amides is 1. The number of benzene rings is 1. The van der Waals surface area contributed by atoms with Crippen molar-refractivity contribution in [1.82, 2.24) is 0 Å². The molecule has 0 heterocycles. The van der Waals surface area contributed by atoms with Crippen molar-refractivity contribution in [3.8, 4) is 5.75 Å². The van der Waals surface area contributed by atoms with E-state index >= 15 is 0 Å². The van der Waals surface area contributed by atoms with E-state index in [9.17, 15) is 4.79 Å². The number of ether oxygens (including phenoxy) is 1. The summed E-state index contributed by atoms with van der Waals surface area (Å²) in [7, 11) is 1.60. The molecule has 0 spiro atoms. The van der Waals surface area contributed by atoms with Crippen molar-refractivity contribution in [2.24, 2.45) is 11.1 Å². The molecule has 0 bridgehead atoms. The lowest BCUT2D eigenvalue weighted by Gasteiger charge is -2.25. The Morgan fingerprint density at radius 2 is 2.11 bits per heavy atom. The molecule has 1 aliphatic rings. The normalized spacial score (nSPS) is 17.2. The Kier molecular flexibility index (Phi) is 4.47. The molecule has 0 radical (unpaired) electrons. The predicted molar refractivity (Wildman–Crippen MR) is 79.3 cm³/mol. The quantitative estimate of drug-likeness (QED) is 0.894. The maximum Gasteiger partial charge on any atom is 0.231 e. The molecule has 3 N–H and O–H groups in total. The maximum atomic E-state index is 12.4. The van der Waals surface area contributed by atoms with E-state index in [-0.39, 0.29) is 5.91 Å². The number of halogens is 1. The van der Waals surface area contributed by atoms with Crippen LogP contribution in [0.4, 0.5) is 5.69 Å². The number of rotatable bonds is 4. The fraction of sp³-hybridized carbons (Fsp3) is 0.500. The lowest BCUT2D eigenvalue weighted by Crippen LogP contribution is -2.40. The van der Waals surface area contributed by atoms with Gasteiger partial charge in [-0.15, -0.1) is 0 Å². The Morgan fingerprint density at radius 3 is 2.68 bits per heavy atom. The maximum absolute atomic E-state index is 12.4. The number of anilines is 1. The SMILES string of the molecule is COc1cc(Br)cc(NC(=O)C2(CN)CCCC2)c1. The summed E-state index contributed by atoms with van der Waals surface area (Å²) < 4.78 is 6.06. The van der Waals surface area contributed by atoms with Crippen LogP contribution in [-0.4, -0.2) is 19.6 Å². The second-order valence-corrected chi connectivity index (χ2v) is 5.94. The molecule has 5 heteroatoms. The van der Waals surface area contributed by atoms with Gasteiger partial charge in [0, 0.05) is 22.8 Å². The van der Waals surface area contributed by atoms with Gasteiger partial charge in [0.1, 0.15) is 5.75 Å². The van der Waals surface area contributed by atoms with Crippen molar-refractivity contribution in [3.63, 3.8) is 0 Å². The molecule has 0 saturated heterocycles. The topological polar surface area (TPSA) is 64.3 Å². The highest BCUT2D eigenvalue weighted by molar-refractivity contribution is 9.10. The molecule has 4 nitrogen and oxygen atoms in total. The van der Waals surface area contributed by atoms with Gasteiger partial charge in [-0.1, -0.05) is 28.8 Å². The van der Waals surface area contributed by atoms with Gasteiger partial charge in [-0.25, -0.2) is 0 Å². The number of carbonyl (C=O) groups is 1. The van der Waals surface area contributed by atoms with Gasteiger partial charge in [0.2, 0.25) is 5.91 Å². The van der Waals surface area contributed by atoms with Gasteiger partial charge in [-0.2, -0.15) is 0 Å². The van der Waals surface area contributed by atoms with Crippen molar-refractivity contribution in [1.29, 1.82) is 0 Å². The summed E-state index contributed by atoms with van der Waals surface area (Å²) in [6.45, 7) is 0.407. The lowest BCUT2D eigenvalue weighted by atomic mass is 9.85. The molecule has 0 unspecified atom stereocenters. The molecule has 1 aromatic carbocycles. The number of carbonyl (C=O) groups excluding carboxylic acids is 1. The average molecular weight is 327 g/mol. The summed E-state index contributed by atoms with van der Waals surface area (Å²) in [6, 6.07) is 5.52. The van der Waals surface area contributed by atoms with Gasteiger partial charge >= 0.3 is 0 Å². The monoisotopic (exact) mass is 326 g/mol. The second kappa shape index (κ2) is 5.92. The molecule has 1 amide bonds. The zero-order valence-corrected chi connectivity index (χ0v) is 12.6. The lowest BCUT2D eigenvalue weighted by molar-refractivity contribution is -0.124. The van der Waals surface area contributed by atoms with E-state index in [2.05, 4.69) is 21.2 Å². The van der Waals surface area contributed by atoms with Crippen LogP contribution < -0.4 is 15.8 Å². The molecule has 1 fully saturated rings. The van der Waals surface area contributed by atoms with E-state index in [0.29, 0.717) is 12.3 Å². The van der Waals surface area contributed by atoms with Crippen LogP contribution in [0.15, 0.2) is 22.7 Å². The van der Waals surface area contributed by atoms with E-state index in [1.807, 2.05) is 18.2 Å². The number of nitrogens with two attached hydrogens (primary N) is 1. The van der Waals surface area contributed by atoms with Crippen LogP contribution in [0.25, 0.3) is 0 Å². The van der Waals surface area contributed by atoms with Gasteiger partial charge in [0.05, 0.1) is 12.5 Å². The first kappa shape index (κ1) is 14.3. The molecule has 104 valence electrons. The molecule has 0 atom stereocenters. The summed E-state index contributed by atoms with van der Waals surface area (Å²) in [5, 5.41) is 2.96. The molecule has 1 aliphatic carbocycles. The zero-order valence-electron chi connectivity index (χ0n) is 11.0. The third-order valence-corrected chi connectivity index (χ3v) is 4.26. The van der Waals surface area contributed by atoms with Crippen LogP contribution in [0.1, 0.15) is 25.7 Å². The summed E-state index contributed by atoms with van der Waals surface area (Å²) in [4.78, 5) is 12.4. The van der Waals surface area contributed by atoms with Crippen LogP contribution in [0.3, 0.4) is 0 Å². The highest BCUT2D eigenvalue weighted by Gasteiger charge is 2.39. The molecule has 0 aromatic heterocycles. The molecule has 1 saturated carbocycles. The molecule has 0 aliphatic heterocycles. The Labute approximate surface area is 121 Å². The van der Waals surface area contributed by atoms with Gasteiger partial charge < -0.3 is 15.8 Å². The van der Waals surface area contributed by atoms with Crippen LogP contribution >= 0.6 is 15.9 Å². The second-order valence-electron chi connectivity index (χ2n) is 5.03. The van der Waals surface area contributed by atoms with Gasteiger partial charge in [-0.05, 0) is 25.0 Å². The van der Waals surface area contributed by atoms with Crippen LogP contribution in [0.5, 0.6) is 5.75 Å². The minimum Gasteiger partial charge on any atom is -0.497 e. The summed E-state index contributed by atoms with van der Waals surface area (Å²) in [5.41, 5.74) is 6.15. The number of methoxy groups -OCH3 is 1. The van der Waals surface area contributed by atoms with E-state index in [4.69, 9.17) is 10.5 Å². The standard InChI is InChI=1S/C14H19BrN2O2/c1-19-12-7-10(15)6-11(8-12)17-13(18)14(9-16)4-2-3-5-14/h6-8H,2-5,9,16H2,1H3,(H,17,18). The fourth-order valence-corrected chi connectivity index (χ4v) is 3.06. The van der Waals surface area contributed by atoms with Gasteiger partial charge in [0.25, 0.3) is 0 Å². The first-order chi connectivity index (χ1) is 9.09. The fourth-order valence-electron chi connectivity index (χ4n) is 2.59. The predicted octanol–water partition coefficient (Wildman–Crippen LogP) is 2.92. The van der Waals surface area contributed by atoms with Gasteiger partial charge in [0.15, 0.2) is 0 Å². The van der Waals surface area contributed by atoms with Gasteiger partial charge in [-0.3, -0.25) is 4.79 Å². The number of hydrogen-bond donors (Lipinski definition) is 2. The highest BCUT2D eigenvalue weighted by atomic mass is 79.9. The third kappa shape index (κ3) is 3.09. The van der Waals surface area contributed by atoms with E-state index in [1.165, 1.54) is 0 Å². The van der Waals surface area contributed by atoms with Crippen molar-refractivity contribution in [2.45, 2.75) is 25.7 Å². The molecule has 19 heavy (non-hydrogen) atoms. The smallest absolute Gasteiger partial charge is 0.231 e. The van der Waals surface area contributed by atoms with Crippen LogP contribution in [-0.2, 0) is 4.79 Å². The number of nitrogens with one attached hydrogen (secondary N) is 1. The van der Waals surface area contributed by atoms with Crippen LogP contribution in [0.2, 0.25) is 0 Å². The first-order valence-electron chi connectivity index (χ1n) is 6.46. The van der Waals surface area contributed by atoms with E-state index in [0.717, 1.165) is 35.8 Å². The van der Waals surface area contributed by atoms with Crippen LogP contribution in [0, 0.1) is 5.41 Å². The third-order valence-electron chi connectivity index (χ3n) is 3.80. The summed E-state index contributed by atoms with van der Waals surface area (Å²) >= 11 is 3.40. The number of hydrogen-bond acceptors (Lipinski definition) is 3. The Balaban J connectivity index is 2.16. The van der Waals surface area contributed by atoms with Crippen molar-refractivity contribution in [3.05, 3.63) is 22.7 Å². The summed E-state index contributed by atoms with van der Waals surface area (Å²) in [5.74, 6) is 0.727. The van der Waals surface area contributed by atoms with Crippen molar-refractivity contribution >= 4 is 27.5 Å². The first-order valence-corrected chi connectivity index (χ1v) is 7.25. The van der Waals surface area contributed by atoms with Crippen molar-refractivity contribution in [2.75, 3.05) is 19.0 Å². The van der Waals surface area contributed by atoms with E-state index in [1.54, 1.807) is 7.11 Å². The minimum absolute atomic E-state index is 0.0210. The average Bonchev–Trinajstić information content (AvgIpc) is 2.88. The minimum atomic E-state index is -0.393. The Bertz CT molecular complexity index is 471. The summed E-state index contributed by atoms with van der Waals surface area (Å²) in [6.07, 6.45) is 3.90. The highest BCUT2D eigenvalue weighted by Crippen LogP contribution is 2.38. The zero-order chi connectivity index (χ0) is 13.9. The molecule has 2 rings (SSSR count). The molecular formula is C14H19BrN2O2. The largest absolute Gasteiger partial charge is 0.497 e. The Hall–Kier alpha value is -1.07. The molecular weight excluding hydrogens is 308 g/mol.